The Morgan fingerprint density at radius 2 is 2.10 bits per heavy atom. The van der Waals surface area contributed by atoms with E-state index in [1.165, 1.54) is 0 Å². The van der Waals surface area contributed by atoms with Crippen molar-refractivity contribution in [3.05, 3.63) is 0 Å². The summed E-state index contributed by atoms with van der Waals surface area (Å²) in [4.78, 5) is 9.66. The van der Waals surface area contributed by atoms with Crippen LogP contribution in [0.15, 0.2) is 0 Å². The van der Waals surface area contributed by atoms with Crippen LogP contribution < -0.4 is 0 Å². The summed E-state index contributed by atoms with van der Waals surface area (Å²) in [6, 6.07) is 0. The van der Waals surface area contributed by atoms with Gasteiger partial charge in [0.2, 0.25) is 0 Å². The summed E-state index contributed by atoms with van der Waals surface area (Å²) < 4.78 is 28.7. The van der Waals surface area contributed by atoms with E-state index in [-0.39, 0.29) is 13.0 Å². The van der Waals surface area contributed by atoms with Gasteiger partial charge < -0.3 is 4.79 Å². The summed E-state index contributed by atoms with van der Waals surface area (Å²) in [5.41, 5.74) is 0. The van der Waals surface area contributed by atoms with Crippen molar-refractivity contribution in [1.82, 2.24) is 0 Å². The van der Waals surface area contributed by atoms with Gasteiger partial charge in [0.25, 0.3) is 0 Å². The summed E-state index contributed by atoms with van der Waals surface area (Å²) in [6.07, 6.45) is 0.605. The third-order valence-corrected chi connectivity index (χ3v) is 1.53. The van der Waals surface area contributed by atoms with Crippen molar-refractivity contribution in [3.8, 4) is 0 Å². The molecule has 0 aromatic carbocycles. The van der Waals surface area contributed by atoms with Crippen LogP contribution in [0.1, 0.15) is 6.42 Å². The van der Waals surface area contributed by atoms with Crippen LogP contribution in [0.5, 0.6) is 0 Å². The first-order valence-electron chi connectivity index (χ1n) is 2.51. The molecular weight excluding hydrogens is 160 g/mol. The molecule has 0 spiro atoms. The number of carbonyl (C=O) groups is 1. The second-order valence-electron chi connectivity index (χ2n) is 1.35. The maximum atomic E-state index is 10.3. The minimum absolute atomic E-state index is 0.0442. The average Bonchev–Trinajstić information content (AvgIpc) is 1.89. The lowest BCUT2D eigenvalue weighted by Gasteiger charge is -1.97. The van der Waals surface area contributed by atoms with Crippen molar-refractivity contribution in [1.29, 1.82) is 0 Å². The number of hydrogen-bond donors (Lipinski definition) is 0. The van der Waals surface area contributed by atoms with E-state index in [1.54, 1.807) is 0 Å². The van der Waals surface area contributed by atoms with Gasteiger partial charge in [0.05, 0.1) is 13.7 Å². The van der Waals surface area contributed by atoms with Crippen molar-refractivity contribution in [2.45, 2.75) is 6.42 Å². The van der Waals surface area contributed by atoms with E-state index < -0.39 is 10.4 Å². The Kier molecular flexibility index (Phi) is 4.17. The molecule has 6 heteroatoms. The lowest BCUT2D eigenvalue weighted by atomic mass is 10.5. The Bertz CT molecular complexity index is 182. The molecule has 60 valence electrons. The average molecular weight is 168 g/mol. The van der Waals surface area contributed by atoms with Gasteiger partial charge in [-0.05, 0) is 0 Å². The van der Waals surface area contributed by atoms with Gasteiger partial charge in [-0.15, -0.1) is 0 Å². The largest absolute Gasteiger partial charge is 0.399 e. The second kappa shape index (κ2) is 4.37. The molecule has 0 N–H and O–H groups in total. The van der Waals surface area contributed by atoms with E-state index in [4.69, 9.17) is 0 Å². The van der Waals surface area contributed by atoms with Gasteiger partial charge >= 0.3 is 10.4 Å². The number of carbonyl (C=O) groups excluding carboxylic acids is 1. The van der Waals surface area contributed by atoms with Crippen molar-refractivity contribution in [3.63, 3.8) is 0 Å². The molecule has 0 radical (unpaired) electrons. The predicted octanol–water partition coefficient (Wildman–Crippen LogP) is -0.517. The van der Waals surface area contributed by atoms with Gasteiger partial charge in [0.1, 0.15) is 6.29 Å². The Hall–Kier alpha value is -0.460. The number of rotatable bonds is 5. The van der Waals surface area contributed by atoms with Crippen LogP contribution in [0.2, 0.25) is 0 Å². The maximum Gasteiger partial charge on any atom is 0.399 e. The van der Waals surface area contributed by atoms with Crippen LogP contribution in [0, 0.1) is 0 Å². The fraction of sp³-hybridized carbons (Fsp3) is 0.750. The van der Waals surface area contributed by atoms with E-state index in [2.05, 4.69) is 8.37 Å². The molecule has 5 nitrogen and oxygen atoms in total. The summed E-state index contributed by atoms with van der Waals surface area (Å²) in [5, 5.41) is 0. The predicted molar refractivity (Wildman–Crippen MR) is 32.6 cm³/mol. The van der Waals surface area contributed by atoms with Crippen LogP contribution in [0.4, 0.5) is 0 Å². The molecule has 0 bridgehead atoms. The minimum Gasteiger partial charge on any atom is -0.303 e. The Labute approximate surface area is 59.3 Å². The smallest absolute Gasteiger partial charge is 0.303 e. The van der Waals surface area contributed by atoms with Gasteiger partial charge in [-0.1, -0.05) is 0 Å². The molecular formula is C4H8O5S. The van der Waals surface area contributed by atoms with E-state index in [1.807, 2.05) is 0 Å². The molecule has 0 heterocycles. The maximum absolute atomic E-state index is 10.3. The van der Waals surface area contributed by atoms with Crippen LogP contribution in [0.25, 0.3) is 0 Å². The molecule has 0 rings (SSSR count). The van der Waals surface area contributed by atoms with E-state index in [0.29, 0.717) is 6.29 Å². The molecule has 10 heavy (non-hydrogen) atoms. The van der Waals surface area contributed by atoms with Crippen LogP contribution in [-0.4, -0.2) is 28.4 Å². The van der Waals surface area contributed by atoms with Gasteiger partial charge in [-0.25, -0.2) is 4.18 Å². The van der Waals surface area contributed by atoms with Crippen LogP contribution in [0.3, 0.4) is 0 Å². The van der Waals surface area contributed by atoms with Gasteiger partial charge in [-0.2, -0.15) is 8.42 Å². The molecule has 0 saturated heterocycles. The Morgan fingerprint density at radius 1 is 1.50 bits per heavy atom. The lowest BCUT2D eigenvalue weighted by Crippen LogP contribution is -2.08. The molecule has 0 aromatic rings. The van der Waals surface area contributed by atoms with Gasteiger partial charge in [0.15, 0.2) is 0 Å². The fourth-order valence-corrected chi connectivity index (χ4v) is 0.643. The fourth-order valence-electron chi connectivity index (χ4n) is 0.246. The quantitative estimate of drug-likeness (QED) is 0.408. The SMILES string of the molecule is COS(=O)(=O)OCCC=O. The zero-order valence-corrected chi connectivity index (χ0v) is 6.26. The summed E-state index contributed by atoms with van der Waals surface area (Å²) >= 11 is 0. The standard InChI is InChI=1S/C4H8O5S/c1-8-10(6,7)9-4-2-3-5/h3H,2,4H2,1H3. The third-order valence-electron chi connectivity index (χ3n) is 0.667. The first-order valence-corrected chi connectivity index (χ1v) is 3.84. The Morgan fingerprint density at radius 3 is 2.50 bits per heavy atom. The molecule has 0 aliphatic heterocycles. The highest BCUT2D eigenvalue weighted by molar-refractivity contribution is 7.81. The Balaban J connectivity index is 3.58. The zero-order chi connectivity index (χ0) is 8.04. The highest BCUT2D eigenvalue weighted by atomic mass is 32.3. The zero-order valence-electron chi connectivity index (χ0n) is 5.44. The summed E-state index contributed by atoms with van der Waals surface area (Å²) in [6.45, 7) is -0.167. The topological polar surface area (TPSA) is 69.7 Å². The van der Waals surface area contributed by atoms with Crippen molar-refractivity contribution < 1.29 is 21.6 Å². The number of aldehydes is 1. The van der Waals surface area contributed by atoms with E-state index in [9.17, 15) is 13.2 Å². The van der Waals surface area contributed by atoms with Gasteiger partial charge in [-0.3, -0.25) is 4.18 Å². The van der Waals surface area contributed by atoms with Crippen molar-refractivity contribution in [2.75, 3.05) is 13.7 Å². The summed E-state index contributed by atoms with van der Waals surface area (Å²) in [5.74, 6) is 0. The van der Waals surface area contributed by atoms with E-state index in [0.717, 1.165) is 7.11 Å². The minimum atomic E-state index is -3.85. The first kappa shape index (κ1) is 9.54. The highest BCUT2D eigenvalue weighted by Gasteiger charge is 2.06. The molecule has 0 aliphatic carbocycles. The monoisotopic (exact) mass is 168 g/mol. The van der Waals surface area contributed by atoms with Crippen LogP contribution in [-0.2, 0) is 23.6 Å². The normalized spacial score (nSPS) is 11.3. The molecule has 0 aromatic heterocycles. The molecule has 0 amide bonds. The van der Waals surface area contributed by atoms with Gasteiger partial charge in [0, 0.05) is 6.42 Å². The molecule has 0 saturated carbocycles. The molecule has 0 unspecified atom stereocenters. The first-order chi connectivity index (χ1) is 4.62. The molecule has 0 atom stereocenters. The van der Waals surface area contributed by atoms with Crippen molar-refractivity contribution in [2.24, 2.45) is 0 Å². The number of hydrogen-bond acceptors (Lipinski definition) is 5. The van der Waals surface area contributed by atoms with Crippen molar-refractivity contribution >= 4 is 16.7 Å². The van der Waals surface area contributed by atoms with Crippen LogP contribution >= 0.6 is 0 Å². The second-order valence-corrected chi connectivity index (χ2v) is 2.74. The third kappa shape index (κ3) is 4.42. The highest BCUT2D eigenvalue weighted by Crippen LogP contribution is 1.92. The summed E-state index contributed by atoms with van der Waals surface area (Å²) in [7, 11) is -2.87. The van der Waals surface area contributed by atoms with E-state index >= 15 is 0 Å². The molecule has 0 aliphatic rings. The molecule has 0 fully saturated rings. The lowest BCUT2D eigenvalue weighted by molar-refractivity contribution is -0.108.